The summed E-state index contributed by atoms with van der Waals surface area (Å²) in [6.07, 6.45) is -2.22. The van der Waals surface area contributed by atoms with Crippen LogP contribution in [0.4, 0.5) is 13.2 Å². The van der Waals surface area contributed by atoms with Crippen LogP contribution >= 0.6 is 0 Å². The van der Waals surface area contributed by atoms with Crippen molar-refractivity contribution < 1.29 is 22.7 Å². The molecule has 3 fully saturated rings. The molecule has 3 aliphatic heterocycles. The first-order chi connectivity index (χ1) is 12.4. The summed E-state index contributed by atoms with van der Waals surface area (Å²) in [4.78, 5) is 15.0. The van der Waals surface area contributed by atoms with Crippen molar-refractivity contribution in [3.05, 3.63) is 23.9 Å². The van der Waals surface area contributed by atoms with Crippen molar-refractivity contribution in [3.8, 4) is 5.75 Å². The highest BCUT2D eigenvalue weighted by atomic mass is 19.4. The number of ether oxygens (including phenoxy) is 1. The third-order valence-corrected chi connectivity index (χ3v) is 5.12. The minimum atomic E-state index is -4.40. The SMILES string of the molecule is O=C(N[C@@H]1CN2CCC1CC2)c1n[nH]c2cc(OCC(F)(F)F)ccc12. The molecule has 9 heteroatoms. The van der Waals surface area contributed by atoms with Crippen molar-refractivity contribution in [2.75, 3.05) is 26.2 Å². The highest BCUT2D eigenvalue weighted by Gasteiger charge is 2.35. The molecule has 3 saturated heterocycles. The third kappa shape index (κ3) is 3.48. The number of aromatic amines is 1. The molecule has 2 bridgehead atoms. The van der Waals surface area contributed by atoms with Gasteiger partial charge in [-0.2, -0.15) is 18.3 Å². The first-order valence-corrected chi connectivity index (χ1v) is 8.60. The molecule has 0 spiro atoms. The van der Waals surface area contributed by atoms with Gasteiger partial charge in [0.15, 0.2) is 12.3 Å². The molecule has 3 aliphatic rings. The number of hydrogen-bond donors (Lipinski definition) is 2. The summed E-state index contributed by atoms with van der Waals surface area (Å²) in [5.41, 5.74) is 0.711. The quantitative estimate of drug-likeness (QED) is 0.869. The van der Waals surface area contributed by atoms with Gasteiger partial charge in [0.05, 0.1) is 5.52 Å². The highest BCUT2D eigenvalue weighted by Crippen LogP contribution is 2.28. The molecule has 1 aromatic heterocycles. The van der Waals surface area contributed by atoms with Gasteiger partial charge in [-0.05, 0) is 44.0 Å². The zero-order chi connectivity index (χ0) is 18.3. The van der Waals surface area contributed by atoms with Crippen LogP contribution in [-0.4, -0.2) is 59.5 Å². The van der Waals surface area contributed by atoms with E-state index in [0.29, 0.717) is 16.8 Å². The zero-order valence-corrected chi connectivity index (χ0v) is 14.0. The minimum absolute atomic E-state index is 0.0721. The molecule has 1 aromatic carbocycles. The Balaban J connectivity index is 1.47. The summed E-state index contributed by atoms with van der Waals surface area (Å²) in [6.45, 7) is 1.67. The molecule has 140 valence electrons. The van der Waals surface area contributed by atoms with Gasteiger partial charge in [-0.25, -0.2) is 0 Å². The van der Waals surface area contributed by atoms with Crippen LogP contribution in [0.5, 0.6) is 5.75 Å². The van der Waals surface area contributed by atoms with Crippen molar-refractivity contribution in [2.24, 2.45) is 5.92 Å². The number of halogens is 3. The van der Waals surface area contributed by atoms with Gasteiger partial charge in [0, 0.05) is 24.0 Å². The van der Waals surface area contributed by atoms with E-state index < -0.39 is 12.8 Å². The highest BCUT2D eigenvalue weighted by molar-refractivity contribution is 6.05. The number of fused-ring (bicyclic) bond motifs is 4. The van der Waals surface area contributed by atoms with Crippen molar-refractivity contribution in [3.63, 3.8) is 0 Å². The lowest BCUT2D eigenvalue weighted by molar-refractivity contribution is -0.153. The van der Waals surface area contributed by atoms with Gasteiger partial charge >= 0.3 is 6.18 Å². The Morgan fingerprint density at radius 1 is 1.35 bits per heavy atom. The standard InChI is InChI=1S/C17H19F3N4O2/c18-17(19,20)9-26-11-1-2-12-13(7-11)22-23-15(12)16(25)21-14-8-24-5-3-10(14)4-6-24/h1-2,7,10,14H,3-6,8-9H2,(H,21,25)(H,22,23)/t14-/m1/s1. The van der Waals surface area contributed by atoms with Crippen molar-refractivity contribution in [2.45, 2.75) is 25.1 Å². The molecule has 2 N–H and O–H groups in total. The average molecular weight is 368 g/mol. The van der Waals surface area contributed by atoms with E-state index in [1.807, 2.05) is 0 Å². The van der Waals surface area contributed by atoms with Gasteiger partial charge in [0.2, 0.25) is 0 Å². The molecule has 6 nitrogen and oxygen atoms in total. The summed E-state index contributed by atoms with van der Waals surface area (Å²) in [7, 11) is 0. The predicted molar refractivity (Wildman–Crippen MR) is 88.1 cm³/mol. The van der Waals surface area contributed by atoms with Crippen LogP contribution in [0.3, 0.4) is 0 Å². The predicted octanol–water partition coefficient (Wildman–Crippen LogP) is 2.33. The van der Waals surface area contributed by atoms with Gasteiger partial charge in [-0.3, -0.25) is 9.89 Å². The fourth-order valence-corrected chi connectivity index (χ4v) is 3.79. The maximum Gasteiger partial charge on any atom is 0.422 e. The number of benzene rings is 1. The zero-order valence-electron chi connectivity index (χ0n) is 14.0. The van der Waals surface area contributed by atoms with E-state index >= 15 is 0 Å². The molecule has 0 saturated carbocycles. The Morgan fingerprint density at radius 2 is 2.12 bits per heavy atom. The Hall–Kier alpha value is -2.29. The first-order valence-electron chi connectivity index (χ1n) is 8.60. The smallest absolute Gasteiger partial charge is 0.422 e. The summed E-state index contributed by atoms with van der Waals surface area (Å²) >= 11 is 0. The molecular formula is C17H19F3N4O2. The first kappa shape index (κ1) is 17.1. The monoisotopic (exact) mass is 368 g/mol. The second-order valence-corrected chi connectivity index (χ2v) is 6.90. The third-order valence-electron chi connectivity index (χ3n) is 5.12. The number of hydrogen-bond acceptors (Lipinski definition) is 4. The number of alkyl halides is 3. The summed E-state index contributed by atoms with van der Waals surface area (Å²) in [5, 5.41) is 10.4. The van der Waals surface area contributed by atoms with Crippen molar-refractivity contribution in [1.82, 2.24) is 20.4 Å². The lowest BCUT2D eigenvalue weighted by Crippen LogP contribution is -2.57. The fourth-order valence-electron chi connectivity index (χ4n) is 3.79. The molecule has 0 radical (unpaired) electrons. The molecule has 1 amide bonds. The molecule has 4 heterocycles. The second kappa shape index (κ2) is 6.46. The van der Waals surface area contributed by atoms with Crippen molar-refractivity contribution >= 4 is 16.8 Å². The molecule has 5 rings (SSSR count). The van der Waals surface area contributed by atoms with Gasteiger partial charge in [0.25, 0.3) is 5.91 Å². The van der Waals surface area contributed by atoms with Gasteiger partial charge in [-0.1, -0.05) is 0 Å². The molecular weight excluding hydrogens is 349 g/mol. The van der Waals surface area contributed by atoms with Crippen LogP contribution in [0.1, 0.15) is 23.3 Å². The van der Waals surface area contributed by atoms with Crippen LogP contribution in [0.2, 0.25) is 0 Å². The van der Waals surface area contributed by atoms with Crippen LogP contribution in [0.15, 0.2) is 18.2 Å². The molecule has 1 atom stereocenters. The van der Waals surface area contributed by atoms with E-state index in [0.717, 1.165) is 32.5 Å². The maximum atomic E-state index is 12.6. The Bertz CT molecular complexity index is 812. The van der Waals surface area contributed by atoms with Crippen LogP contribution in [0.25, 0.3) is 10.9 Å². The Kier molecular flexibility index (Phi) is 4.26. The Morgan fingerprint density at radius 3 is 2.77 bits per heavy atom. The average Bonchev–Trinajstić information content (AvgIpc) is 3.04. The van der Waals surface area contributed by atoms with Crippen molar-refractivity contribution in [1.29, 1.82) is 0 Å². The summed E-state index contributed by atoms with van der Waals surface area (Å²) < 4.78 is 41.5. The Labute approximate surface area is 147 Å². The summed E-state index contributed by atoms with van der Waals surface area (Å²) in [5.74, 6) is 0.304. The lowest BCUT2D eigenvalue weighted by atomic mass is 9.84. The van der Waals surface area contributed by atoms with Gasteiger partial charge in [-0.15, -0.1) is 0 Å². The van der Waals surface area contributed by atoms with E-state index in [9.17, 15) is 18.0 Å². The van der Waals surface area contributed by atoms with Gasteiger partial charge < -0.3 is 15.0 Å². The largest absolute Gasteiger partial charge is 0.484 e. The number of nitrogens with one attached hydrogen (secondary N) is 2. The van der Waals surface area contributed by atoms with Crippen LogP contribution < -0.4 is 10.1 Å². The number of rotatable bonds is 4. The van der Waals surface area contributed by atoms with Crippen LogP contribution in [-0.2, 0) is 0 Å². The van der Waals surface area contributed by atoms with E-state index in [-0.39, 0.29) is 23.4 Å². The summed E-state index contributed by atoms with van der Waals surface area (Å²) in [6, 6.07) is 4.50. The van der Waals surface area contributed by atoms with E-state index in [4.69, 9.17) is 4.74 Å². The number of H-pyrrole nitrogens is 1. The number of piperidine rings is 3. The number of nitrogens with zero attached hydrogens (tertiary/aromatic N) is 2. The molecule has 26 heavy (non-hydrogen) atoms. The number of amides is 1. The normalized spacial score (nSPS) is 25.4. The lowest BCUT2D eigenvalue weighted by Gasteiger charge is -2.44. The molecule has 0 unspecified atom stereocenters. The second-order valence-electron chi connectivity index (χ2n) is 6.90. The minimum Gasteiger partial charge on any atom is -0.484 e. The number of aromatic nitrogens is 2. The molecule has 0 aliphatic carbocycles. The van der Waals surface area contributed by atoms with Gasteiger partial charge in [0.1, 0.15) is 5.75 Å². The maximum absolute atomic E-state index is 12.6. The number of carbonyl (C=O) groups excluding carboxylic acids is 1. The van der Waals surface area contributed by atoms with E-state index in [1.165, 1.54) is 12.1 Å². The number of carbonyl (C=O) groups is 1. The van der Waals surface area contributed by atoms with E-state index in [2.05, 4.69) is 20.4 Å². The fraction of sp³-hybridized carbons (Fsp3) is 0.529. The van der Waals surface area contributed by atoms with E-state index in [1.54, 1.807) is 6.07 Å². The molecule has 2 aromatic rings. The van der Waals surface area contributed by atoms with Crippen LogP contribution in [0, 0.1) is 5.92 Å². The topological polar surface area (TPSA) is 70.2 Å².